The van der Waals surface area contributed by atoms with Gasteiger partial charge in [0, 0.05) is 48.5 Å². The monoisotopic (exact) mass is 584 g/mol. The van der Waals surface area contributed by atoms with Gasteiger partial charge in [0.25, 0.3) is 0 Å². The molecule has 7 rings (SSSR count). The van der Waals surface area contributed by atoms with Crippen LogP contribution in [-0.4, -0.2) is 66.1 Å². The number of hydrogen-bond acceptors (Lipinski definition) is 7. The fourth-order valence-electron chi connectivity index (χ4n) is 6.06. The highest BCUT2D eigenvalue weighted by Gasteiger charge is 2.26. The minimum atomic E-state index is -0.945. The van der Waals surface area contributed by atoms with Crippen molar-refractivity contribution in [1.29, 1.82) is 0 Å². The number of piperidine rings is 1. The molecule has 10 nitrogen and oxygen atoms in total. The number of carboxylic acids is 1. The Labute approximate surface area is 247 Å². The van der Waals surface area contributed by atoms with E-state index in [-0.39, 0.29) is 24.1 Å². The topological polar surface area (TPSA) is 108 Å². The van der Waals surface area contributed by atoms with Gasteiger partial charge in [-0.25, -0.2) is 19.2 Å². The third kappa shape index (κ3) is 5.70. The molecule has 1 N–H and O–H groups in total. The summed E-state index contributed by atoms with van der Waals surface area (Å²) < 4.78 is 30.1. The number of aromatic nitrogens is 5. The van der Waals surface area contributed by atoms with E-state index in [1.807, 2.05) is 25.2 Å². The smallest absolute Gasteiger partial charge is 0.335 e. The number of fused-ring (bicyclic) bond motifs is 2. The Morgan fingerprint density at radius 2 is 1.93 bits per heavy atom. The van der Waals surface area contributed by atoms with Crippen LogP contribution in [0.15, 0.2) is 54.7 Å². The van der Waals surface area contributed by atoms with E-state index < -0.39 is 5.97 Å². The van der Waals surface area contributed by atoms with Crippen molar-refractivity contribution < 1.29 is 23.8 Å². The molecule has 0 unspecified atom stereocenters. The molecule has 2 aliphatic heterocycles. The van der Waals surface area contributed by atoms with Gasteiger partial charge in [0.1, 0.15) is 18.2 Å². The number of carbonyl (C=O) groups is 1. The highest BCUT2D eigenvalue weighted by Crippen LogP contribution is 2.30. The number of halogens is 1. The lowest BCUT2D eigenvalue weighted by Crippen LogP contribution is -2.35. The first-order valence-corrected chi connectivity index (χ1v) is 14.7. The molecule has 2 fully saturated rings. The standard InChI is InChI=1S/C32H33FN6O4/c1-37-16-22-13-25(33)23(14-28(22)36-37)19-43-31-4-2-3-26(35-31)20-7-10-38(11-8-20)18-30-34-27-6-5-21(32(40)41)15-29(27)39(30)17-24-9-12-42-24/h2-6,13-16,20,24H,7-12,17-19H2,1H3,(H,40,41)/t24-/m0/s1. The molecule has 0 aliphatic carbocycles. The molecule has 2 aliphatic rings. The first kappa shape index (κ1) is 27.5. The summed E-state index contributed by atoms with van der Waals surface area (Å²) in [6.45, 7) is 3.96. The van der Waals surface area contributed by atoms with E-state index in [4.69, 9.17) is 19.4 Å². The largest absolute Gasteiger partial charge is 0.478 e. The lowest BCUT2D eigenvalue weighted by atomic mass is 9.93. The Morgan fingerprint density at radius 1 is 1.09 bits per heavy atom. The summed E-state index contributed by atoms with van der Waals surface area (Å²) in [5, 5.41) is 14.6. The van der Waals surface area contributed by atoms with Crippen LogP contribution in [0.1, 0.15) is 52.6 Å². The molecule has 0 saturated carbocycles. The number of carboxylic acid groups (broad SMARTS) is 1. The maximum atomic E-state index is 14.6. The molecule has 222 valence electrons. The molecule has 0 bridgehead atoms. The van der Waals surface area contributed by atoms with Gasteiger partial charge in [-0.2, -0.15) is 5.10 Å². The van der Waals surface area contributed by atoms with Gasteiger partial charge in [0.15, 0.2) is 0 Å². The summed E-state index contributed by atoms with van der Waals surface area (Å²) in [5.74, 6) is 0.436. The van der Waals surface area contributed by atoms with Gasteiger partial charge >= 0.3 is 5.97 Å². The van der Waals surface area contributed by atoms with E-state index >= 15 is 0 Å². The number of ether oxygens (including phenoxy) is 2. The second-order valence-corrected chi connectivity index (χ2v) is 11.5. The maximum Gasteiger partial charge on any atom is 0.335 e. The minimum absolute atomic E-state index is 0.0775. The average Bonchev–Trinajstić information content (AvgIpc) is 3.51. The molecule has 2 aromatic carbocycles. The first-order chi connectivity index (χ1) is 20.9. The molecule has 5 heterocycles. The molecule has 2 saturated heterocycles. The molecular weight excluding hydrogens is 551 g/mol. The van der Waals surface area contributed by atoms with Gasteiger partial charge in [0.2, 0.25) is 5.88 Å². The molecular formula is C32H33FN6O4. The van der Waals surface area contributed by atoms with E-state index in [0.717, 1.165) is 72.4 Å². The summed E-state index contributed by atoms with van der Waals surface area (Å²) >= 11 is 0. The maximum absolute atomic E-state index is 14.6. The molecule has 11 heteroatoms. The van der Waals surface area contributed by atoms with Crippen LogP contribution < -0.4 is 4.74 Å². The van der Waals surface area contributed by atoms with E-state index in [1.54, 1.807) is 35.1 Å². The van der Waals surface area contributed by atoms with Crippen molar-refractivity contribution in [3.63, 3.8) is 0 Å². The number of benzene rings is 2. The van der Waals surface area contributed by atoms with Gasteiger partial charge in [-0.05, 0) is 68.8 Å². The van der Waals surface area contributed by atoms with Crippen LogP contribution in [0.4, 0.5) is 4.39 Å². The highest BCUT2D eigenvalue weighted by atomic mass is 19.1. The van der Waals surface area contributed by atoms with Crippen LogP contribution in [0.3, 0.4) is 0 Å². The summed E-state index contributed by atoms with van der Waals surface area (Å²) in [7, 11) is 1.81. The van der Waals surface area contributed by atoms with Crippen LogP contribution in [-0.2, 0) is 31.5 Å². The zero-order chi connectivity index (χ0) is 29.5. The quantitative estimate of drug-likeness (QED) is 0.261. The van der Waals surface area contributed by atoms with Crippen LogP contribution >= 0.6 is 0 Å². The second-order valence-electron chi connectivity index (χ2n) is 11.5. The predicted octanol–water partition coefficient (Wildman–Crippen LogP) is 4.90. The lowest BCUT2D eigenvalue weighted by molar-refractivity contribution is -0.0592. The third-order valence-corrected chi connectivity index (χ3v) is 8.53. The molecule has 43 heavy (non-hydrogen) atoms. The van der Waals surface area contributed by atoms with E-state index in [2.05, 4.69) is 14.6 Å². The van der Waals surface area contributed by atoms with Gasteiger partial charge in [-0.15, -0.1) is 0 Å². The third-order valence-electron chi connectivity index (χ3n) is 8.53. The van der Waals surface area contributed by atoms with Crippen molar-refractivity contribution in [3.8, 4) is 5.88 Å². The number of likely N-dealkylation sites (tertiary alicyclic amines) is 1. The molecule has 3 aromatic heterocycles. The fourth-order valence-corrected chi connectivity index (χ4v) is 6.06. The number of imidazole rings is 1. The lowest BCUT2D eigenvalue weighted by Gasteiger charge is -2.32. The van der Waals surface area contributed by atoms with Crippen LogP contribution in [0.25, 0.3) is 21.9 Å². The van der Waals surface area contributed by atoms with Crippen molar-refractivity contribution >= 4 is 27.9 Å². The molecule has 1 atom stereocenters. The van der Waals surface area contributed by atoms with Gasteiger partial charge in [0.05, 0.1) is 41.3 Å². The number of aryl methyl sites for hydroxylation is 1. The zero-order valence-corrected chi connectivity index (χ0v) is 23.9. The van der Waals surface area contributed by atoms with Crippen LogP contribution in [0.2, 0.25) is 0 Å². The number of rotatable bonds is 9. The van der Waals surface area contributed by atoms with E-state index in [9.17, 15) is 14.3 Å². The Balaban J connectivity index is 1.01. The van der Waals surface area contributed by atoms with Crippen molar-refractivity contribution in [1.82, 2.24) is 29.2 Å². The predicted molar refractivity (Wildman–Crippen MR) is 158 cm³/mol. The summed E-state index contributed by atoms with van der Waals surface area (Å²) in [6, 6.07) is 14.1. The van der Waals surface area contributed by atoms with E-state index in [0.29, 0.717) is 30.5 Å². The summed E-state index contributed by atoms with van der Waals surface area (Å²) in [4.78, 5) is 23.7. The van der Waals surface area contributed by atoms with Crippen molar-refractivity contribution in [3.05, 3.63) is 83.2 Å². The van der Waals surface area contributed by atoms with Gasteiger partial charge < -0.3 is 19.1 Å². The Kier molecular flexibility index (Phi) is 7.28. The SMILES string of the molecule is Cn1cc2cc(F)c(COc3cccc(C4CCN(Cc5nc6ccc(C(=O)O)cc6n5C[C@@H]5CCO5)CC4)n3)cc2n1. The normalized spacial score (nSPS) is 17.9. The molecule has 0 radical (unpaired) electrons. The highest BCUT2D eigenvalue weighted by molar-refractivity contribution is 5.92. The number of aromatic carboxylic acids is 1. The van der Waals surface area contributed by atoms with Gasteiger partial charge in [-0.3, -0.25) is 9.58 Å². The van der Waals surface area contributed by atoms with Gasteiger partial charge in [-0.1, -0.05) is 6.07 Å². The fraction of sp³-hybridized carbons (Fsp3) is 0.375. The molecule has 0 amide bonds. The Hall–Kier alpha value is -4.35. The molecule has 5 aromatic rings. The molecule has 0 spiro atoms. The Bertz CT molecular complexity index is 1800. The first-order valence-electron chi connectivity index (χ1n) is 14.7. The van der Waals surface area contributed by atoms with Crippen molar-refractivity contribution in [2.75, 3.05) is 19.7 Å². The van der Waals surface area contributed by atoms with Crippen LogP contribution in [0.5, 0.6) is 5.88 Å². The van der Waals surface area contributed by atoms with E-state index in [1.165, 1.54) is 6.07 Å². The average molecular weight is 585 g/mol. The minimum Gasteiger partial charge on any atom is -0.478 e. The van der Waals surface area contributed by atoms with Crippen LogP contribution in [0, 0.1) is 5.82 Å². The zero-order valence-electron chi connectivity index (χ0n) is 23.9. The van der Waals surface area contributed by atoms with Crippen molar-refractivity contribution in [2.24, 2.45) is 7.05 Å². The second kappa shape index (κ2) is 11.4. The number of hydrogen-bond donors (Lipinski definition) is 1. The summed E-state index contributed by atoms with van der Waals surface area (Å²) in [5.41, 5.74) is 4.05. The number of pyridine rings is 1. The number of nitrogens with zero attached hydrogens (tertiary/aromatic N) is 6. The summed E-state index contributed by atoms with van der Waals surface area (Å²) in [6.07, 6.45) is 4.79. The van der Waals surface area contributed by atoms with Crippen molar-refractivity contribution in [2.45, 2.75) is 51.0 Å². The Morgan fingerprint density at radius 3 is 2.70 bits per heavy atom.